The van der Waals surface area contributed by atoms with Gasteiger partial charge in [0, 0.05) is 23.2 Å². The molecule has 1 N–H and O–H groups in total. The van der Waals surface area contributed by atoms with Crippen molar-refractivity contribution in [3.05, 3.63) is 69.2 Å². The average Bonchev–Trinajstić information content (AvgIpc) is 3.23. The molecule has 0 atom stereocenters. The van der Waals surface area contributed by atoms with Crippen LogP contribution in [-0.2, 0) is 0 Å². The fraction of sp³-hybridized carbons (Fsp3) is 0.158. The first kappa shape index (κ1) is 17.9. The Labute approximate surface area is 164 Å². The highest BCUT2D eigenvalue weighted by Crippen LogP contribution is 2.23. The van der Waals surface area contributed by atoms with Crippen molar-refractivity contribution in [1.82, 2.24) is 19.2 Å². The lowest BCUT2D eigenvalue weighted by atomic mass is 10.3. The van der Waals surface area contributed by atoms with E-state index < -0.39 is 0 Å². The van der Waals surface area contributed by atoms with Gasteiger partial charge in [-0.15, -0.1) is 11.3 Å². The zero-order chi connectivity index (χ0) is 19.8. The number of benzene rings is 1. The predicted molar refractivity (Wildman–Crippen MR) is 107 cm³/mol. The van der Waals surface area contributed by atoms with Crippen LogP contribution in [0.15, 0.2) is 47.4 Å². The van der Waals surface area contributed by atoms with Crippen molar-refractivity contribution in [2.24, 2.45) is 0 Å². The normalized spacial score (nSPS) is 11.0. The van der Waals surface area contributed by atoms with E-state index in [0.29, 0.717) is 22.2 Å². The van der Waals surface area contributed by atoms with E-state index in [4.69, 9.17) is 4.74 Å². The highest BCUT2D eigenvalue weighted by molar-refractivity contribution is 7.15. The van der Waals surface area contributed by atoms with Crippen molar-refractivity contribution in [2.45, 2.75) is 13.8 Å². The number of amides is 1. The van der Waals surface area contributed by atoms with Gasteiger partial charge in [0.1, 0.15) is 11.4 Å². The second-order valence-corrected chi connectivity index (χ2v) is 7.31. The average molecular weight is 395 g/mol. The lowest BCUT2D eigenvalue weighted by Crippen LogP contribution is -2.23. The molecule has 0 aliphatic carbocycles. The summed E-state index contributed by atoms with van der Waals surface area (Å²) in [7, 11) is 1.57. The molecule has 3 heterocycles. The number of aromatic nitrogens is 4. The van der Waals surface area contributed by atoms with Crippen LogP contribution in [0.4, 0.5) is 5.13 Å². The molecule has 28 heavy (non-hydrogen) atoms. The van der Waals surface area contributed by atoms with Crippen molar-refractivity contribution in [2.75, 3.05) is 12.4 Å². The third-order valence-corrected chi connectivity index (χ3v) is 5.33. The Morgan fingerprint density at radius 3 is 2.57 bits per heavy atom. The van der Waals surface area contributed by atoms with E-state index in [2.05, 4.69) is 15.3 Å². The van der Waals surface area contributed by atoms with Crippen LogP contribution in [0.3, 0.4) is 0 Å². The number of methoxy groups -OCH3 is 1. The summed E-state index contributed by atoms with van der Waals surface area (Å²) in [6, 6.07) is 9.99. The van der Waals surface area contributed by atoms with Gasteiger partial charge in [-0.2, -0.15) is 4.52 Å². The number of hydrogen-bond donors (Lipinski definition) is 1. The standard InChI is InChI=1S/C19H17N5O3S/c1-11-12(2)28-19(21-11)22-18(26)15-10-16-20-9-8-17(25)24(16)23(15)13-4-6-14(27-3)7-5-13/h4-10H,1-3H3,(H,21,22,26). The van der Waals surface area contributed by atoms with Gasteiger partial charge in [-0.05, 0) is 38.1 Å². The molecular weight excluding hydrogens is 378 g/mol. The summed E-state index contributed by atoms with van der Waals surface area (Å²) in [6.07, 6.45) is 1.42. The summed E-state index contributed by atoms with van der Waals surface area (Å²) >= 11 is 1.40. The summed E-state index contributed by atoms with van der Waals surface area (Å²) in [6.45, 7) is 3.83. The number of aryl methyl sites for hydroxylation is 2. The SMILES string of the molecule is COc1ccc(-n2c(C(=O)Nc3nc(C)c(C)s3)cc3nccc(=O)n32)cc1. The second kappa shape index (κ2) is 6.93. The largest absolute Gasteiger partial charge is 0.497 e. The summed E-state index contributed by atoms with van der Waals surface area (Å²) < 4.78 is 8.08. The Hall–Kier alpha value is -3.46. The number of ether oxygens (including phenoxy) is 1. The molecule has 142 valence electrons. The second-order valence-electron chi connectivity index (χ2n) is 6.11. The monoisotopic (exact) mass is 395 g/mol. The minimum atomic E-state index is -0.380. The molecule has 1 aromatic carbocycles. The van der Waals surface area contributed by atoms with Crippen LogP contribution in [0, 0.1) is 13.8 Å². The quantitative estimate of drug-likeness (QED) is 0.574. The summed E-state index contributed by atoms with van der Waals surface area (Å²) in [5.41, 5.74) is 1.85. The van der Waals surface area contributed by atoms with Crippen LogP contribution < -0.4 is 15.6 Å². The molecule has 4 rings (SSSR count). The number of thiazole rings is 1. The Kier molecular flexibility index (Phi) is 4.44. The molecule has 0 saturated heterocycles. The fourth-order valence-corrected chi connectivity index (χ4v) is 3.64. The first-order valence-electron chi connectivity index (χ1n) is 8.47. The van der Waals surface area contributed by atoms with E-state index in [1.807, 2.05) is 13.8 Å². The zero-order valence-corrected chi connectivity index (χ0v) is 16.3. The first-order valence-corrected chi connectivity index (χ1v) is 9.29. The van der Waals surface area contributed by atoms with E-state index in [1.54, 1.807) is 37.4 Å². The number of carbonyl (C=O) groups excluding carboxylic acids is 1. The van der Waals surface area contributed by atoms with Gasteiger partial charge < -0.3 is 4.74 Å². The van der Waals surface area contributed by atoms with Crippen molar-refractivity contribution in [3.63, 3.8) is 0 Å². The molecule has 0 radical (unpaired) electrons. The highest BCUT2D eigenvalue weighted by atomic mass is 32.1. The molecule has 0 spiro atoms. The molecule has 0 aliphatic heterocycles. The van der Waals surface area contributed by atoms with Gasteiger partial charge in [0.25, 0.3) is 11.5 Å². The lowest BCUT2D eigenvalue weighted by Gasteiger charge is -2.11. The molecule has 0 unspecified atom stereocenters. The third-order valence-electron chi connectivity index (χ3n) is 4.34. The number of nitrogens with one attached hydrogen (secondary N) is 1. The minimum Gasteiger partial charge on any atom is -0.497 e. The van der Waals surface area contributed by atoms with E-state index in [0.717, 1.165) is 10.6 Å². The van der Waals surface area contributed by atoms with Crippen LogP contribution in [0.5, 0.6) is 5.75 Å². The first-order chi connectivity index (χ1) is 13.5. The number of hydrogen-bond acceptors (Lipinski definition) is 6. The van der Waals surface area contributed by atoms with Gasteiger partial charge in [0.15, 0.2) is 10.8 Å². The fourth-order valence-electron chi connectivity index (χ4n) is 2.83. The number of nitrogens with zero attached hydrogens (tertiary/aromatic N) is 4. The number of carbonyl (C=O) groups is 1. The maximum absolute atomic E-state index is 13.0. The topological polar surface area (TPSA) is 90.5 Å². The molecule has 0 bridgehead atoms. The molecule has 1 amide bonds. The molecule has 9 heteroatoms. The van der Waals surface area contributed by atoms with Gasteiger partial charge in [0.05, 0.1) is 18.5 Å². The molecular formula is C19H17N5O3S. The van der Waals surface area contributed by atoms with Gasteiger partial charge in [-0.3, -0.25) is 14.9 Å². The minimum absolute atomic E-state index is 0.270. The van der Waals surface area contributed by atoms with Gasteiger partial charge in [0.2, 0.25) is 0 Å². The van der Waals surface area contributed by atoms with Crippen molar-refractivity contribution in [1.29, 1.82) is 0 Å². The van der Waals surface area contributed by atoms with Gasteiger partial charge in [-0.25, -0.2) is 14.6 Å². The van der Waals surface area contributed by atoms with E-state index in [9.17, 15) is 9.59 Å². The molecule has 0 aliphatic rings. The predicted octanol–water partition coefficient (Wildman–Crippen LogP) is 2.82. The maximum Gasteiger partial charge on any atom is 0.276 e. The third kappa shape index (κ3) is 3.05. The van der Waals surface area contributed by atoms with Crippen molar-refractivity contribution < 1.29 is 9.53 Å². The van der Waals surface area contributed by atoms with Crippen LogP contribution in [0.25, 0.3) is 11.3 Å². The molecule has 3 aromatic heterocycles. The lowest BCUT2D eigenvalue weighted by molar-refractivity contribution is 0.101. The highest BCUT2D eigenvalue weighted by Gasteiger charge is 2.20. The van der Waals surface area contributed by atoms with E-state index >= 15 is 0 Å². The van der Waals surface area contributed by atoms with Crippen LogP contribution in [0.2, 0.25) is 0 Å². The van der Waals surface area contributed by atoms with Gasteiger partial charge >= 0.3 is 0 Å². The van der Waals surface area contributed by atoms with E-state index in [1.165, 1.54) is 32.8 Å². The smallest absolute Gasteiger partial charge is 0.276 e. The maximum atomic E-state index is 13.0. The molecule has 0 fully saturated rings. The number of fused-ring (bicyclic) bond motifs is 1. The van der Waals surface area contributed by atoms with Crippen LogP contribution >= 0.6 is 11.3 Å². The summed E-state index contributed by atoms with van der Waals surface area (Å²) in [5.74, 6) is 0.292. The Balaban J connectivity index is 1.86. The Bertz CT molecular complexity index is 1220. The van der Waals surface area contributed by atoms with Gasteiger partial charge in [-0.1, -0.05) is 0 Å². The molecule has 0 saturated carbocycles. The van der Waals surface area contributed by atoms with Crippen LogP contribution in [-0.4, -0.2) is 32.2 Å². The van der Waals surface area contributed by atoms with Crippen molar-refractivity contribution in [3.8, 4) is 11.4 Å². The molecule has 8 nitrogen and oxygen atoms in total. The van der Waals surface area contributed by atoms with Crippen molar-refractivity contribution >= 4 is 28.0 Å². The Morgan fingerprint density at radius 2 is 1.93 bits per heavy atom. The summed E-state index contributed by atoms with van der Waals surface area (Å²) in [5, 5.41) is 3.32. The number of rotatable bonds is 4. The number of anilines is 1. The summed E-state index contributed by atoms with van der Waals surface area (Å²) in [4.78, 5) is 35.1. The zero-order valence-electron chi connectivity index (χ0n) is 15.5. The van der Waals surface area contributed by atoms with Crippen LogP contribution in [0.1, 0.15) is 21.1 Å². The molecule has 4 aromatic rings. The van der Waals surface area contributed by atoms with E-state index in [-0.39, 0.29) is 17.2 Å². The Morgan fingerprint density at radius 1 is 1.18 bits per heavy atom.